The van der Waals surface area contributed by atoms with Gasteiger partial charge in [-0.25, -0.2) is 0 Å². The summed E-state index contributed by atoms with van der Waals surface area (Å²) in [6.45, 7) is -0.966. The van der Waals surface area contributed by atoms with Crippen molar-refractivity contribution in [1.82, 2.24) is 4.90 Å². The summed E-state index contributed by atoms with van der Waals surface area (Å²) in [5.74, 6) is 1.66. The molecule has 0 aliphatic heterocycles. The lowest BCUT2D eigenvalue weighted by molar-refractivity contribution is -0.162. The van der Waals surface area contributed by atoms with Crippen molar-refractivity contribution in [1.29, 1.82) is 0 Å². The van der Waals surface area contributed by atoms with Crippen molar-refractivity contribution >= 4 is 21.8 Å². The summed E-state index contributed by atoms with van der Waals surface area (Å²) in [5.41, 5.74) is 0. The Labute approximate surface area is 118 Å². The van der Waals surface area contributed by atoms with Crippen molar-refractivity contribution in [3.8, 4) is 0 Å². The first-order chi connectivity index (χ1) is 8.92. The maximum Gasteiger partial charge on any atom is 0.406 e. The number of carbonyl (C=O) groups is 1. The Morgan fingerprint density at radius 1 is 1.21 bits per heavy atom. The van der Waals surface area contributed by atoms with E-state index in [0.29, 0.717) is 29.0 Å². The van der Waals surface area contributed by atoms with Crippen molar-refractivity contribution < 1.29 is 18.0 Å². The largest absolute Gasteiger partial charge is 0.406 e. The molecule has 0 heterocycles. The number of alkyl halides is 4. The predicted molar refractivity (Wildman–Crippen MR) is 67.7 cm³/mol. The fourth-order valence-corrected chi connectivity index (χ4v) is 4.88. The summed E-state index contributed by atoms with van der Waals surface area (Å²) in [6, 6.07) is 0. The molecule has 3 rings (SSSR count). The van der Waals surface area contributed by atoms with E-state index in [0.717, 1.165) is 4.90 Å². The average Bonchev–Trinajstić information content (AvgIpc) is 2.74. The molecule has 3 aliphatic carbocycles. The number of rotatable bonds is 4. The maximum atomic E-state index is 12.5. The van der Waals surface area contributed by atoms with Crippen molar-refractivity contribution in [2.75, 3.05) is 18.4 Å². The van der Waals surface area contributed by atoms with Gasteiger partial charge < -0.3 is 4.90 Å². The molecule has 4 atom stereocenters. The SMILES string of the molecule is O=C(C1C2C3CCC(C3)C12)N(CCBr)CC(F)(F)F. The van der Waals surface area contributed by atoms with Crippen LogP contribution in [-0.4, -0.2) is 35.4 Å². The van der Waals surface area contributed by atoms with E-state index < -0.39 is 12.7 Å². The molecule has 0 aromatic heterocycles. The van der Waals surface area contributed by atoms with Gasteiger partial charge >= 0.3 is 6.18 Å². The second kappa shape index (κ2) is 4.64. The van der Waals surface area contributed by atoms with Crippen LogP contribution >= 0.6 is 15.9 Å². The predicted octanol–water partition coefficient (Wildman–Crippen LogP) is 3.06. The van der Waals surface area contributed by atoms with Crippen LogP contribution in [0.25, 0.3) is 0 Å². The molecule has 2 nitrogen and oxygen atoms in total. The molecule has 0 saturated heterocycles. The van der Waals surface area contributed by atoms with Gasteiger partial charge in [-0.2, -0.15) is 13.2 Å². The maximum absolute atomic E-state index is 12.5. The molecule has 0 aromatic carbocycles. The van der Waals surface area contributed by atoms with Crippen LogP contribution < -0.4 is 0 Å². The van der Waals surface area contributed by atoms with Gasteiger partial charge in [0.1, 0.15) is 6.54 Å². The first kappa shape index (κ1) is 13.7. The zero-order valence-electron chi connectivity index (χ0n) is 10.5. The molecule has 0 N–H and O–H groups in total. The van der Waals surface area contributed by atoms with Crippen molar-refractivity contribution in [2.24, 2.45) is 29.6 Å². The normalized spacial score (nSPS) is 39.3. The van der Waals surface area contributed by atoms with Crippen LogP contribution in [0.3, 0.4) is 0 Å². The summed E-state index contributed by atoms with van der Waals surface area (Å²) >= 11 is 3.13. The highest BCUT2D eigenvalue weighted by molar-refractivity contribution is 9.09. The van der Waals surface area contributed by atoms with Crippen LogP contribution in [0.4, 0.5) is 13.2 Å². The van der Waals surface area contributed by atoms with E-state index in [1.807, 2.05) is 0 Å². The zero-order chi connectivity index (χ0) is 13.8. The Morgan fingerprint density at radius 2 is 1.79 bits per heavy atom. The molecule has 108 valence electrons. The molecule has 0 spiro atoms. The topological polar surface area (TPSA) is 20.3 Å². The van der Waals surface area contributed by atoms with Gasteiger partial charge in [-0.05, 0) is 42.9 Å². The Balaban J connectivity index is 1.65. The van der Waals surface area contributed by atoms with E-state index >= 15 is 0 Å². The Bertz CT molecular complexity index is 371. The van der Waals surface area contributed by atoms with Gasteiger partial charge in [-0.1, -0.05) is 15.9 Å². The lowest BCUT2D eigenvalue weighted by Crippen LogP contribution is -2.41. The highest BCUT2D eigenvalue weighted by Crippen LogP contribution is 2.69. The van der Waals surface area contributed by atoms with Crippen LogP contribution in [0.1, 0.15) is 19.3 Å². The molecule has 2 bridgehead atoms. The van der Waals surface area contributed by atoms with Gasteiger partial charge in [-0.15, -0.1) is 0 Å². The minimum Gasteiger partial charge on any atom is -0.332 e. The molecular weight excluding hydrogens is 323 g/mol. The lowest BCUT2D eigenvalue weighted by Gasteiger charge is -2.24. The molecule has 0 radical (unpaired) electrons. The number of hydrogen-bond donors (Lipinski definition) is 0. The van der Waals surface area contributed by atoms with Crippen LogP contribution in [0.15, 0.2) is 0 Å². The summed E-state index contributed by atoms with van der Waals surface area (Å²) in [7, 11) is 0. The molecule has 6 heteroatoms. The van der Waals surface area contributed by atoms with E-state index in [-0.39, 0.29) is 18.4 Å². The third kappa shape index (κ3) is 2.41. The summed E-state index contributed by atoms with van der Waals surface area (Å²) in [5, 5.41) is 0.393. The van der Waals surface area contributed by atoms with E-state index in [1.54, 1.807) is 0 Å². The smallest absolute Gasteiger partial charge is 0.332 e. The number of hydrogen-bond acceptors (Lipinski definition) is 1. The van der Waals surface area contributed by atoms with Crippen LogP contribution in [-0.2, 0) is 4.79 Å². The summed E-state index contributed by atoms with van der Waals surface area (Å²) in [6.07, 6.45) is -0.752. The number of fused-ring (bicyclic) bond motifs is 5. The first-order valence-corrected chi connectivity index (χ1v) is 7.96. The van der Waals surface area contributed by atoms with Gasteiger partial charge in [0.15, 0.2) is 0 Å². The molecule has 3 saturated carbocycles. The Hall–Kier alpha value is -0.260. The molecule has 3 aliphatic rings. The standard InChI is InChI=1S/C13H17BrF3NO/c14-3-4-18(6-13(15,16)17)12(19)11-9-7-1-2-8(5-7)10(9)11/h7-11H,1-6H2. The first-order valence-electron chi connectivity index (χ1n) is 6.84. The van der Waals surface area contributed by atoms with Gasteiger partial charge in [-0.3, -0.25) is 4.79 Å². The molecular formula is C13H17BrF3NO. The molecule has 3 fully saturated rings. The fraction of sp³-hybridized carbons (Fsp3) is 0.923. The van der Waals surface area contributed by atoms with Crippen molar-refractivity contribution in [3.63, 3.8) is 0 Å². The number of nitrogens with zero attached hydrogens (tertiary/aromatic N) is 1. The minimum absolute atomic E-state index is 0.104. The van der Waals surface area contributed by atoms with Gasteiger partial charge in [0.25, 0.3) is 0 Å². The molecule has 0 aromatic rings. The number of amides is 1. The van der Waals surface area contributed by atoms with Crippen LogP contribution in [0, 0.1) is 29.6 Å². The van der Waals surface area contributed by atoms with Gasteiger partial charge in [0.05, 0.1) is 0 Å². The molecule has 19 heavy (non-hydrogen) atoms. The van der Waals surface area contributed by atoms with Crippen molar-refractivity contribution in [2.45, 2.75) is 25.4 Å². The highest BCUT2D eigenvalue weighted by Gasteiger charge is 2.68. The van der Waals surface area contributed by atoms with E-state index in [1.165, 1.54) is 19.3 Å². The molecule has 1 amide bonds. The monoisotopic (exact) mass is 339 g/mol. The third-order valence-electron chi connectivity index (χ3n) is 5.06. The van der Waals surface area contributed by atoms with E-state index in [9.17, 15) is 18.0 Å². The summed E-state index contributed by atoms with van der Waals surface area (Å²) in [4.78, 5) is 13.3. The second-order valence-electron chi connectivity index (χ2n) is 6.08. The minimum atomic E-state index is -4.30. The fourth-order valence-electron chi connectivity index (χ4n) is 4.45. The van der Waals surface area contributed by atoms with Crippen LogP contribution in [0.5, 0.6) is 0 Å². The molecule has 4 unspecified atom stereocenters. The second-order valence-corrected chi connectivity index (χ2v) is 6.87. The lowest BCUT2D eigenvalue weighted by atomic mass is 10.0. The Morgan fingerprint density at radius 3 is 2.26 bits per heavy atom. The quantitative estimate of drug-likeness (QED) is 0.721. The average molecular weight is 340 g/mol. The Kier molecular flexibility index (Phi) is 3.35. The van der Waals surface area contributed by atoms with Gasteiger partial charge in [0, 0.05) is 17.8 Å². The van der Waals surface area contributed by atoms with Crippen molar-refractivity contribution in [3.05, 3.63) is 0 Å². The summed E-state index contributed by atoms with van der Waals surface area (Å²) < 4.78 is 37.6. The number of halogens is 4. The highest BCUT2D eigenvalue weighted by atomic mass is 79.9. The number of carbonyl (C=O) groups excluding carboxylic acids is 1. The van der Waals surface area contributed by atoms with Gasteiger partial charge in [0.2, 0.25) is 5.91 Å². The third-order valence-corrected chi connectivity index (χ3v) is 5.41. The van der Waals surface area contributed by atoms with E-state index in [4.69, 9.17) is 0 Å². The zero-order valence-corrected chi connectivity index (χ0v) is 12.1. The van der Waals surface area contributed by atoms with E-state index in [2.05, 4.69) is 15.9 Å². The van der Waals surface area contributed by atoms with Crippen LogP contribution in [0.2, 0.25) is 0 Å².